The Morgan fingerprint density at radius 3 is 2.87 bits per heavy atom. The predicted molar refractivity (Wildman–Crippen MR) is 81.4 cm³/mol. The van der Waals surface area contributed by atoms with Gasteiger partial charge in [-0.25, -0.2) is 9.37 Å². The van der Waals surface area contributed by atoms with Crippen LogP contribution in [-0.4, -0.2) is 40.9 Å². The molecule has 0 saturated carbocycles. The molecule has 1 aliphatic heterocycles. The van der Waals surface area contributed by atoms with Gasteiger partial charge >= 0.3 is 5.65 Å². The van der Waals surface area contributed by atoms with Crippen LogP contribution in [-0.2, 0) is 7.05 Å². The van der Waals surface area contributed by atoms with Crippen LogP contribution in [0.4, 0.5) is 10.2 Å². The van der Waals surface area contributed by atoms with Crippen molar-refractivity contribution >= 4 is 22.5 Å². The maximum absolute atomic E-state index is 14.4. The number of fused-ring (bicyclic) bond motifs is 3. The molecule has 1 fully saturated rings. The molecule has 8 heteroatoms. The Morgan fingerprint density at radius 1 is 1.35 bits per heavy atom. The molecule has 1 N–H and O–H groups in total. The highest BCUT2D eigenvalue weighted by atomic mass is 19.1. The Kier molecular flexibility index (Phi) is 3.09. The number of hydrogen-bond acceptors (Lipinski definition) is 5. The Morgan fingerprint density at radius 2 is 2.13 bits per heavy atom. The number of rotatable bonds is 1. The lowest BCUT2D eigenvalue weighted by Crippen LogP contribution is -2.44. The zero-order valence-corrected chi connectivity index (χ0v) is 12.6. The van der Waals surface area contributed by atoms with Gasteiger partial charge in [0.15, 0.2) is 5.82 Å². The first-order chi connectivity index (χ1) is 11.2. The number of piperazine rings is 1. The molecule has 4 rings (SSSR count). The Balaban J connectivity index is 2.06. The van der Waals surface area contributed by atoms with Gasteiger partial charge in [-0.1, -0.05) is 0 Å². The third-order valence-corrected chi connectivity index (χ3v) is 4.03. The molecule has 0 radical (unpaired) electrons. The van der Waals surface area contributed by atoms with Gasteiger partial charge in [-0.15, -0.1) is 4.68 Å². The van der Waals surface area contributed by atoms with E-state index in [1.54, 1.807) is 21.5 Å². The van der Waals surface area contributed by atoms with Crippen molar-refractivity contribution < 1.29 is 8.79 Å². The lowest BCUT2D eigenvalue weighted by molar-refractivity contribution is -0.482. The zero-order valence-electron chi connectivity index (χ0n) is 12.6. The van der Waals surface area contributed by atoms with E-state index in [4.69, 9.17) is 5.26 Å². The van der Waals surface area contributed by atoms with E-state index in [-0.39, 0.29) is 11.1 Å². The van der Waals surface area contributed by atoms with E-state index in [0.29, 0.717) is 17.0 Å². The van der Waals surface area contributed by atoms with Gasteiger partial charge in [0.05, 0.1) is 18.7 Å². The van der Waals surface area contributed by atoms with Gasteiger partial charge in [0.2, 0.25) is 12.1 Å². The molecule has 0 bridgehead atoms. The van der Waals surface area contributed by atoms with Crippen molar-refractivity contribution in [2.45, 2.75) is 0 Å². The number of nitrogens with one attached hydrogen (secondary N) is 1. The predicted octanol–water partition coefficient (Wildman–Crippen LogP) is 0.127. The summed E-state index contributed by atoms with van der Waals surface area (Å²) in [6.07, 6.45) is 1.77. The van der Waals surface area contributed by atoms with Gasteiger partial charge in [0, 0.05) is 31.3 Å². The second-order valence-corrected chi connectivity index (χ2v) is 5.59. The quantitative estimate of drug-likeness (QED) is 0.647. The maximum Gasteiger partial charge on any atom is 0.349 e. The minimum atomic E-state index is -0.492. The lowest BCUT2D eigenvalue weighted by Gasteiger charge is -2.27. The Bertz CT molecular complexity index is 950. The molecule has 23 heavy (non-hydrogen) atoms. The molecule has 2 aromatic heterocycles. The number of benzene rings is 1. The van der Waals surface area contributed by atoms with Crippen LogP contribution >= 0.6 is 0 Å². The highest BCUT2D eigenvalue weighted by Crippen LogP contribution is 2.22. The number of aromatic nitrogens is 4. The van der Waals surface area contributed by atoms with E-state index in [1.807, 2.05) is 13.1 Å². The number of anilines is 1. The van der Waals surface area contributed by atoms with Gasteiger partial charge in [-0.3, -0.25) is 0 Å². The van der Waals surface area contributed by atoms with Crippen molar-refractivity contribution in [3.8, 4) is 6.07 Å². The van der Waals surface area contributed by atoms with Crippen LogP contribution in [0.1, 0.15) is 5.56 Å². The van der Waals surface area contributed by atoms with Gasteiger partial charge < -0.3 is 10.2 Å². The number of nitrogens with zero attached hydrogens (tertiary/aromatic N) is 6. The summed E-state index contributed by atoms with van der Waals surface area (Å²) < 4.78 is 17.9. The van der Waals surface area contributed by atoms with Gasteiger partial charge in [-0.05, 0) is 12.1 Å². The largest absolute Gasteiger partial charge is 0.349 e. The van der Waals surface area contributed by atoms with Gasteiger partial charge in [0.1, 0.15) is 11.0 Å². The third kappa shape index (κ3) is 2.17. The zero-order chi connectivity index (χ0) is 16.0. The molecule has 116 valence electrons. The molecule has 0 unspecified atom stereocenters. The van der Waals surface area contributed by atoms with Crippen LogP contribution in [0.15, 0.2) is 18.5 Å². The second kappa shape index (κ2) is 5.14. The molecule has 7 nitrogen and oxygen atoms in total. The van der Waals surface area contributed by atoms with Crippen molar-refractivity contribution in [1.29, 1.82) is 5.26 Å². The van der Waals surface area contributed by atoms with Crippen molar-refractivity contribution in [2.75, 3.05) is 31.1 Å². The number of aryl methyl sites for hydroxylation is 1. The van der Waals surface area contributed by atoms with Crippen LogP contribution < -0.4 is 14.6 Å². The molecule has 1 aliphatic rings. The highest BCUT2D eigenvalue weighted by molar-refractivity contribution is 5.78. The van der Waals surface area contributed by atoms with Crippen molar-refractivity contribution in [2.24, 2.45) is 7.05 Å². The minimum Gasteiger partial charge on any atom is -0.348 e. The van der Waals surface area contributed by atoms with E-state index in [2.05, 4.69) is 20.3 Å². The lowest BCUT2D eigenvalue weighted by atomic mass is 10.2. The highest BCUT2D eigenvalue weighted by Gasteiger charge is 2.25. The first kappa shape index (κ1) is 13.8. The summed E-state index contributed by atoms with van der Waals surface area (Å²) in [5.74, 6) is 0.178. The van der Waals surface area contributed by atoms with Crippen LogP contribution in [0.2, 0.25) is 0 Å². The summed E-state index contributed by atoms with van der Waals surface area (Å²) in [5.41, 5.74) is 1.73. The number of nitriles is 1. The number of halogens is 1. The summed E-state index contributed by atoms with van der Waals surface area (Å²) in [4.78, 5) is 6.64. The minimum absolute atomic E-state index is 0.253. The molecule has 1 aromatic carbocycles. The summed E-state index contributed by atoms with van der Waals surface area (Å²) in [6, 6.07) is 4.84. The van der Waals surface area contributed by atoms with Crippen LogP contribution in [0.3, 0.4) is 0 Å². The second-order valence-electron chi connectivity index (χ2n) is 5.59. The standard InChI is InChI=1S/C15H15FN7/c1-21-9-23-12-7-10(8-17)6-11(16)13(12)19-14(15(23)20-21)22-4-2-18-3-5-22/h6-7,9,18H,2-5H2,1H3/q+1. The summed E-state index contributed by atoms with van der Waals surface area (Å²) in [5, 5.41) is 16.8. The Labute approximate surface area is 131 Å². The van der Waals surface area contributed by atoms with Crippen LogP contribution in [0.5, 0.6) is 0 Å². The first-order valence-corrected chi connectivity index (χ1v) is 7.41. The first-order valence-electron chi connectivity index (χ1n) is 7.41. The average Bonchev–Trinajstić information content (AvgIpc) is 2.96. The average molecular weight is 312 g/mol. The monoisotopic (exact) mass is 312 g/mol. The molecular formula is C15H15FN7+. The molecule has 0 aliphatic carbocycles. The molecule has 3 aromatic rings. The van der Waals surface area contributed by atoms with E-state index in [1.165, 1.54) is 6.07 Å². The van der Waals surface area contributed by atoms with Crippen molar-refractivity contribution in [3.63, 3.8) is 0 Å². The van der Waals surface area contributed by atoms with E-state index < -0.39 is 5.82 Å². The molecular weight excluding hydrogens is 297 g/mol. The van der Waals surface area contributed by atoms with E-state index in [0.717, 1.165) is 26.2 Å². The maximum atomic E-state index is 14.4. The van der Waals surface area contributed by atoms with Crippen molar-refractivity contribution in [1.82, 2.24) is 20.1 Å². The normalized spacial score (nSPS) is 15.3. The fourth-order valence-corrected chi connectivity index (χ4v) is 2.96. The summed E-state index contributed by atoms with van der Waals surface area (Å²) in [7, 11) is 1.81. The molecule has 0 amide bonds. The SMILES string of the molecule is Cn1c[n+]2c(n1)c(N1CCNCC1)nc1c(F)cc(C#N)cc12. The van der Waals surface area contributed by atoms with Crippen molar-refractivity contribution in [3.05, 3.63) is 29.8 Å². The van der Waals surface area contributed by atoms with Crippen LogP contribution in [0.25, 0.3) is 16.7 Å². The fraction of sp³-hybridized carbons (Fsp3) is 0.333. The van der Waals surface area contributed by atoms with Crippen LogP contribution in [0, 0.1) is 17.1 Å². The summed E-state index contributed by atoms with van der Waals surface area (Å²) >= 11 is 0. The fourth-order valence-electron chi connectivity index (χ4n) is 2.96. The van der Waals surface area contributed by atoms with Gasteiger partial charge in [0.25, 0.3) is 0 Å². The van der Waals surface area contributed by atoms with E-state index >= 15 is 0 Å². The van der Waals surface area contributed by atoms with E-state index in [9.17, 15) is 4.39 Å². The smallest absolute Gasteiger partial charge is 0.348 e. The molecule has 3 heterocycles. The topological polar surface area (TPSA) is 73.9 Å². The summed E-state index contributed by atoms with van der Waals surface area (Å²) in [6.45, 7) is 3.30. The Hall–Kier alpha value is -2.79. The van der Waals surface area contributed by atoms with Gasteiger partial charge in [-0.2, -0.15) is 9.66 Å². The molecule has 0 spiro atoms. The molecule has 1 saturated heterocycles. The number of hydrogen-bond donors (Lipinski definition) is 1. The third-order valence-electron chi connectivity index (χ3n) is 4.03. The molecule has 0 atom stereocenters.